The number of carboxylic acids is 1. The fourth-order valence-electron chi connectivity index (χ4n) is 4.01. The van der Waals surface area contributed by atoms with Gasteiger partial charge >= 0.3 is 11.6 Å². The Morgan fingerprint density at radius 2 is 1.84 bits per heavy atom. The quantitative estimate of drug-likeness (QED) is 0.331. The highest BCUT2D eigenvalue weighted by molar-refractivity contribution is 6.11. The van der Waals surface area contributed by atoms with E-state index in [1.54, 1.807) is 13.2 Å². The average Bonchev–Trinajstić information content (AvgIpc) is 3.20. The molecule has 2 aromatic heterocycles. The first-order chi connectivity index (χ1) is 15.4. The van der Waals surface area contributed by atoms with E-state index in [1.807, 2.05) is 43.3 Å². The molecule has 0 atom stereocenters. The SMILES string of the molecule is Cc1cc2oc(=O)c(CC(=O)NCCCC(=O)O)c(C)c2c2occ(-c3ccccc3)c12. The number of aliphatic carboxylic acids is 1. The van der Waals surface area contributed by atoms with Crippen LogP contribution in [0.25, 0.3) is 33.1 Å². The first kappa shape index (κ1) is 21.4. The number of rotatable bonds is 7. The zero-order chi connectivity index (χ0) is 22.8. The van der Waals surface area contributed by atoms with Gasteiger partial charge in [-0.25, -0.2) is 4.79 Å². The third kappa shape index (κ3) is 4.01. The lowest BCUT2D eigenvalue weighted by atomic mass is 9.96. The van der Waals surface area contributed by atoms with Crippen molar-refractivity contribution in [3.63, 3.8) is 0 Å². The van der Waals surface area contributed by atoms with Gasteiger partial charge in [0, 0.05) is 23.9 Å². The summed E-state index contributed by atoms with van der Waals surface area (Å²) in [5.74, 6) is -1.28. The number of hydrogen-bond acceptors (Lipinski definition) is 5. The van der Waals surface area contributed by atoms with Crippen molar-refractivity contribution in [2.75, 3.05) is 6.54 Å². The summed E-state index contributed by atoms with van der Waals surface area (Å²) in [6, 6.07) is 11.7. The Morgan fingerprint density at radius 3 is 2.56 bits per heavy atom. The molecule has 7 nitrogen and oxygen atoms in total. The first-order valence-electron chi connectivity index (χ1n) is 10.4. The first-order valence-corrected chi connectivity index (χ1v) is 10.4. The molecule has 0 radical (unpaired) electrons. The molecular formula is C25H23NO6. The maximum Gasteiger partial charge on any atom is 0.340 e. The Bertz CT molecular complexity index is 1380. The maximum absolute atomic E-state index is 12.6. The van der Waals surface area contributed by atoms with Crippen molar-refractivity contribution in [2.45, 2.75) is 33.1 Å². The number of carbonyl (C=O) groups is 2. The third-order valence-corrected chi connectivity index (χ3v) is 5.59. The Labute approximate surface area is 183 Å². The van der Waals surface area contributed by atoms with Crippen LogP contribution in [-0.2, 0) is 16.0 Å². The van der Waals surface area contributed by atoms with Crippen LogP contribution in [0.5, 0.6) is 0 Å². The van der Waals surface area contributed by atoms with Crippen LogP contribution in [0.4, 0.5) is 0 Å². The van der Waals surface area contributed by atoms with E-state index in [4.69, 9.17) is 13.9 Å². The van der Waals surface area contributed by atoms with Crippen LogP contribution >= 0.6 is 0 Å². The average molecular weight is 433 g/mol. The zero-order valence-electron chi connectivity index (χ0n) is 17.9. The second kappa shape index (κ2) is 8.70. The summed E-state index contributed by atoms with van der Waals surface area (Å²) in [5.41, 5.74) is 4.25. The van der Waals surface area contributed by atoms with Crippen molar-refractivity contribution in [3.8, 4) is 11.1 Å². The minimum absolute atomic E-state index is 0.0308. The molecule has 1 amide bonds. The predicted molar refractivity (Wildman–Crippen MR) is 121 cm³/mol. The molecule has 4 rings (SSSR count). The molecule has 0 saturated carbocycles. The van der Waals surface area contributed by atoms with Crippen molar-refractivity contribution in [2.24, 2.45) is 0 Å². The number of carbonyl (C=O) groups excluding carboxylic acids is 1. The molecule has 2 aromatic carbocycles. The zero-order valence-corrected chi connectivity index (χ0v) is 17.9. The van der Waals surface area contributed by atoms with Crippen LogP contribution < -0.4 is 10.9 Å². The number of hydrogen-bond donors (Lipinski definition) is 2. The topological polar surface area (TPSA) is 110 Å². The lowest BCUT2D eigenvalue weighted by Gasteiger charge is -2.10. The van der Waals surface area contributed by atoms with E-state index in [9.17, 15) is 14.4 Å². The Balaban J connectivity index is 1.75. The fraction of sp³-hybridized carbons (Fsp3) is 0.240. The van der Waals surface area contributed by atoms with E-state index in [-0.39, 0.29) is 30.9 Å². The molecule has 0 spiro atoms. The monoisotopic (exact) mass is 433 g/mol. The lowest BCUT2D eigenvalue weighted by Crippen LogP contribution is -2.28. The molecule has 0 fully saturated rings. The number of amides is 1. The van der Waals surface area contributed by atoms with Gasteiger partial charge in [0.25, 0.3) is 0 Å². The summed E-state index contributed by atoms with van der Waals surface area (Å²) in [4.78, 5) is 35.6. The number of fused-ring (bicyclic) bond motifs is 3. The van der Waals surface area contributed by atoms with Crippen molar-refractivity contribution >= 4 is 33.8 Å². The van der Waals surface area contributed by atoms with Gasteiger partial charge in [0.1, 0.15) is 11.2 Å². The van der Waals surface area contributed by atoms with Crippen LogP contribution in [0.1, 0.15) is 29.5 Å². The lowest BCUT2D eigenvalue weighted by molar-refractivity contribution is -0.137. The molecule has 0 aliphatic carbocycles. The maximum atomic E-state index is 12.6. The summed E-state index contributed by atoms with van der Waals surface area (Å²) < 4.78 is 11.5. The van der Waals surface area contributed by atoms with E-state index in [0.29, 0.717) is 28.5 Å². The molecule has 0 saturated heterocycles. The van der Waals surface area contributed by atoms with E-state index >= 15 is 0 Å². The third-order valence-electron chi connectivity index (χ3n) is 5.59. The van der Waals surface area contributed by atoms with Gasteiger partial charge in [-0.1, -0.05) is 30.3 Å². The summed E-state index contributed by atoms with van der Waals surface area (Å²) in [6.07, 6.45) is 1.84. The number of benzene rings is 2. The van der Waals surface area contributed by atoms with Crippen molar-refractivity contribution in [1.82, 2.24) is 5.32 Å². The molecule has 164 valence electrons. The van der Waals surface area contributed by atoms with Crippen LogP contribution in [0, 0.1) is 13.8 Å². The van der Waals surface area contributed by atoms with Gasteiger partial charge in [-0.3, -0.25) is 9.59 Å². The van der Waals surface area contributed by atoms with Crippen molar-refractivity contribution in [1.29, 1.82) is 0 Å². The molecular weight excluding hydrogens is 410 g/mol. The van der Waals surface area contributed by atoms with Gasteiger partial charge < -0.3 is 19.3 Å². The highest BCUT2D eigenvalue weighted by Gasteiger charge is 2.21. The molecule has 2 heterocycles. The van der Waals surface area contributed by atoms with Gasteiger partial charge in [0.15, 0.2) is 0 Å². The standard InChI is InChI=1S/C25H23NO6/c1-14-11-19-23(24-22(14)18(13-31-24)16-7-4-3-5-8-16)15(2)17(25(30)32-19)12-20(27)26-10-6-9-21(28)29/h3-5,7-8,11,13H,6,9-10,12H2,1-2H3,(H,26,27)(H,28,29). The molecule has 0 unspecified atom stereocenters. The summed E-state index contributed by atoms with van der Waals surface area (Å²) in [6.45, 7) is 3.95. The number of nitrogens with one attached hydrogen (secondary N) is 1. The Hall–Kier alpha value is -3.87. The van der Waals surface area contributed by atoms with E-state index in [2.05, 4.69) is 5.32 Å². The van der Waals surface area contributed by atoms with E-state index < -0.39 is 11.6 Å². The predicted octanol–water partition coefficient (Wildman–Crippen LogP) is 4.35. The number of aryl methyl sites for hydroxylation is 2. The summed E-state index contributed by atoms with van der Waals surface area (Å²) in [5, 5.41) is 12.9. The second-order valence-electron chi connectivity index (χ2n) is 7.80. The van der Waals surface area contributed by atoms with Crippen LogP contribution in [-0.4, -0.2) is 23.5 Å². The number of carboxylic acid groups (broad SMARTS) is 1. The van der Waals surface area contributed by atoms with Gasteiger partial charge in [-0.2, -0.15) is 0 Å². The van der Waals surface area contributed by atoms with Crippen LogP contribution in [0.3, 0.4) is 0 Å². The molecule has 0 bridgehead atoms. The van der Waals surface area contributed by atoms with E-state index in [0.717, 1.165) is 22.1 Å². The highest BCUT2D eigenvalue weighted by atomic mass is 16.4. The molecule has 32 heavy (non-hydrogen) atoms. The minimum Gasteiger partial charge on any atom is -0.481 e. The molecule has 7 heteroatoms. The summed E-state index contributed by atoms with van der Waals surface area (Å²) in [7, 11) is 0. The van der Waals surface area contributed by atoms with Crippen LogP contribution in [0.2, 0.25) is 0 Å². The van der Waals surface area contributed by atoms with E-state index in [1.165, 1.54) is 0 Å². The molecule has 0 aliphatic rings. The van der Waals surface area contributed by atoms with Gasteiger partial charge in [-0.15, -0.1) is 0 Å². The minimum atomic E-state index is -0.919. The largest absolute Gasteiger partial charge is 0.481 e. The smallest absolute Gasteiger partial charge is 0.340 e. The molecule has 2 N–H and O–H groups in total. The highest BCUT2D eigenvalue weighted by Crippen LogP contribution is 2.38. The van der Waals surface area contributed by atoms with Gasteiger partial charge in [0.05, 0.1) is 23.6 Å². The summed E-state index contributed by atoms with van der Waals surface area (Å²) >= 11 is 0. The van der Waals surface area contributed by atoms with Gasteiger partial charge in [0.2, 0.25) is 5.91 Å². The Kier molecular flexibility index (Phi) is 5.81. The van der Waals surface area contributed by atoms with Gasteiger partial charge in [-0.05, 0) is 43.0 Å². The number of furan rings is 1. The second-order valence-corrected chi connectivity index (χ2v) is 7.80. The van der Waals surface area contributed by atoms with Crippen LogP contribution in [0.15, 0.2) is 56.3 Å². The molecule has 0 aliphatic heterocycles. The van der Waals surface area contributed by atoms with Crippen molar-refractivity contribution in [3.05, 3.63) is 69.8 Å². The normalized spacial score (nSPS) is 11.2. The Morgan fingerprint density at radius 1 is 1.09 bits per heavy atom. The van der Waals surface area contributed by atoms with Crippen molar-refractivity contribution < 1.29 is 23.5 Å². The molecule has 4 aromatic rings. The fourth-order valence-corrected chi connectivity index (χ4v) is 4.01.